The molecule has 3 aliphatic rings. The largest absolute Gasteiger partial charge is 0.373 e. The Morgan fingerprint density at radius 2 is 1.50 bits per heavy atom. The number of likely N-dealkylation sites (tertiary alicyclic amines) is 2. The van der Waals surface area contributed by atoms with Crippen molar-refractivity contribution in [3.05, 3.63) is 29.8 Å². The minimum atomic E-state index is -3.66. The van der Waals surface area contributed by atoms with Gasteiger partial charge in [0, 0.05) is 31.7 Å². The molecule has 188 valence electrons. The zero-order valence-electron chi connectivity index (χ0n) is 20.1. The summed E-state index contributed by atoms with van der Waals surface area (Å²) in [4.78, 5) is 29.7. The summed E-state index contributed by atoms with van der Waals surface area (Å²) in [5, 5.41) is 0. The number of benzene rings is 1. The SMILES string of the molecule is CC1CN(S(=O)(=O)c2ccc(C(=O)N3CCC(C(N)=O)(N4CCCCC4)CC3)cc2)CC(C)O1. The molecule has 3 saturated heterocycles. The number of carbonyl (C=O) groups excluding carboxylic acids is 2. The standard InChI is InChI=1S/C24H36N4O5S/c1-18-16-28(17-19(2)33-18)34(31,32)21-8-6-20(7-9-21)22(29)26-14-10-24(11-15-26,23(25)30)27-12-4-3-5-13-27/h6-9,18-19H,3-5,10-17H2,1-2H3,(H2,25,30). The van der Waals surface area contributed by atoms with E-state index in [0.717, 1.165) is 25.9 Å². The molecule has 4 rings (SSSR count). The number of morpholine rings is 1. The molecule has 0 aromatic heterocycles. The molecule has 2 unspecified atom stereocenters. The van der Waals surface area contributed by atoms with E-state index in [-0.39, 0.29) is 28.9 Å². The van der Waals surface area contributed by atoms with Crippen LogP contribution in [0.4, 0.5) is 0 Å². The van der Waals surface area contributed by atoms with Gasteiger partial charge >= 0.3 is 0 Å². The van der Waals surface area contributed by atoms with Gasteiger partial charge in [-0.25, -0.2) is 8.42 Å². The van der Waals surface area contributed by atoms with Gasteiger partial charge in [-0.05, 0) is 76.9 Å². The predicted molar refractivity (Wildman–Crippen MR) is 128 cm³/mol. The number of sulfonamides is 1. The third-order valence-electron chi connectivity index (χ3n) is 7.42. The van der Waals surface area contributed by atoms with Gasteiger partial charge in [-0.3, -0.25) is 14.5 Å². The Morgan fingerprint density at radius 1 is 0.941 bits per heavy atom. The van der Waals surface area contributed by atoms with Crippen molar-refractivity contribution >= 4 is 21.8 Å². The average molecular weight is 493 g/mol. The molecule has 2 N–H and O–H groups in total. The second-order valence-electron chi connectivity index (χ2n) is 9.84. The first-order valence-corrected chi connectivity index (χ1v) is 13.7. The summed E-state index contributed by atoms with van der Waals surface area (Å²) in [6.07, 6.45) is 4.00. The van der Waals surface area contributed by atoms with Crippen LogP contribution in [0.15, 0.2) is 29.2 Å². The maximum Gasteiger partial charge on any atom is 0.253 e. The van der Waals surface area contributed by atoms with Gasteiger partial charge in [0.05, 0.1) is 17.1 Å². The number of hydrogen-bond acceptors (Lipinski definition) is 6. The van der Waals surface area contributed by atoms with E-state index in [0.29, 0.717) is 44.6 Å². The summed E-state index contributed by atoms with van der Waals surface area (Å²) in [5.74, 6) is -0.461. The van der Waals surface area contributed by atoms with Crippen molar-refractivity contribution in [1.82, 2.24) is 14.1 Å². The Morgan fingerprint density at radius 3 is 2.03 bits per heavy atom. The Balaban J connectivity index is 1.43. The quantitative estimate of drug-likeness (QED) is 0.665. The summed E-state index contributed by atoms with van der Waals surface area (Å²) in [5.41, 5.74) is 5.61. The monoisotopic (exact) mass is 492 g/mol. The molecular weight excluding hydrogens is 456 g/mol. The fourth-order valence-corrected chi connectivity index (χ4v) is 7.14. The molecule has 3 heterocycles. The second kappa shape index (κ2) is 9.93. The van der Waals surface area contributed by atoms with Crippen LogP contribution in [-0.4, -0.2) is 91.4 Å². The van der Waals surface area contributed by atoms with Crippen molar-refractivity contribution in [3.63, 3.8) is 0 Å². The number of primary amides is 1. The van der Waals surface area contributed by atoms with Gasteiger partial charge in [0.1, 0.15) is 5.54 Å². The maximum atomic E-state index is 13.1. The number of amides is 2. The molecule has 2 atom stereocenters. The lowest BCUT2D eigenvalue weighted by Crippen LogP contribution is -2.63. The van der Waals surface area contributed by atoms with E-state index in [4.69, 9.17) is 10.5 Å². The normalized spacial score (nSPS) is 26.8. The molecule has 3 fully saturated rings. The zero-order valence-corrected chi connectivity index (χ0v) is 20.9. The van der Waals surface area contributed by atoms with Gasteiger partial charge in [0.2, 0.25) is 15.9 Å². The highest BCUT2D eigenvalue weighted by Gasteiger charge is 2.45. The topological polar surface area (TPSA) is 113 Å². The molecule has 34 heavy (non-hydrogen) atoms. The minimum Gasteiger partial charge on any atom is -0.373 e. The third kappa shape index (κ3) is 4.86. The molecule has 3 aliphatic heterocycles. The molecule has 1 aromatic carbocycles. The summed E-state index contributed by atoms with van der Waals surface area (Å²) in [7, 11) is -3.66. The van der Waals surface area contributed by atoms with Gasteiger partial charge in [-0.2, -0.15) is 4.31 Å². The van der Waals surface area contributed by atoms with Crippen molar-refractivity contribution in [2.24, 2.45) is 5.73 Å². The number of nitrogens with zero attached hydrogens (tertiary/aromatic N) is 3. The third-order valence-corrected chi connectivity index (χ3v) is 9.27. The van der Waals surface area contributed by atoms with Crippen LogP contribution in [0, 0.1) is 0 Å². The van der Waals surface area contributed by atoms with E-state index in [2.05, 4.69) is 4.90 Å². The maximum absolute atomic E-state index is 13.1. The van der Waals surface area contributed by atoms with Crippen molar-refractivity contribution in [2.75, 3.05) is 39.3 Å². The lowest BCUT2D eigenvalue weighted by Gasteiger charge is -2.48. The molecular formula is C24H36N4O5S. The highest BCUT2D eigenvalue weighted by molar-refractivity contribution is 7.89. The van der Waals surface area contributed by atoms with Crippen LogP contribution in [0.25, 0.3) is 0 Å². The van der Waals surface area contributed by atoms with Crippen molar-refractivity contribution < 1.29 is 22.7 Å². The Kier molecular flexibility index (Phi) is 7.33. The van der Waals surface area contributed by atoms with E-state index in [1.807, 2.05) is 13.8 Å². The number of hydrogen-bond donors (Lipinski definition) is 1. The fourth-order valence-electron chi connectivity index (χ4n) is 5.55. The zero-order chi connectivity index (χ0) is 24.5. The van der Waals surface area contributed by atoms with Gasteiger partial charge in [-0.1, -0.05) is 6.42 Å². The smallest absolute Gasteiger partial charge is 0.253 e. The van der Waals surface area contributed by atoms with Crippen LogP contribution >= 0.6 is 0 Å². The van der Waals surface area contributed by atoms with Crippen LogP contribution in [-0.2, 0) is 19.6 Å². The summed E-state index contributed by atoms with van der Waals surface area (Å²) in [6, 6.07) is 6.14. The Hall–Kier alpha value is -2.01. The molecule has 0 bridgehead atoms. The number of carbonyl (C=O) groups is 2. The van der Waals surface area contributed by atoms with Gasteiger partial charge < -0.3 is 15.4 Å². The van der Waals surface area contributed by atoms with Gasteiger partial charge in [0.25, 0.3) is 5.91 Å². The lowest BCUT2D eigenvalue weighted by atomic mass is 9.83. The summed E-state index contributed by atoms with van der Waals surface area (Å²) in [6.45, 7) is 6.96. The molecule has 9 nitrogen and oxygen atoms in total. The van der Waals surface area contributed by atoms with E-state index in [9.17, 15) is 18.0 Å². The fraction of sp³-hybridized carbons (Fsp3) is 0.667. The highest BCUT2D eigenvalue weighted by atomic mass is 32.2. The van der Waals surface area contributed by atoms with Crippen LogP contribution < -0.4 is 5.73 Å². The first-order chi connectivity index (χ1) is 16.1. The van der Waals surface area contributed by atoms with E-state index in [1.165, 1.54) is 22.9 Å². The molecule has 1 aromatic rings. The first-order valence-electron chi connectivity index (χ1n) is 12.2. The number of ether oxygens (including phenoxy) is 1. The van der Waals surface area contributed by atoms with Gasteiger partial charge in [-0.15, -0.1) is 0 Å². The lowest BCUT2D eigenvalue weighted by molar-refractivity contribution is -0.134. The number of nitrogens with two attached hydrogens (primary N) is 1. The van der Waals surface area contributed by atoms with Gasteiger partial charge in [0.15, 0.2) is 0 Å². The highest BCUT2D eigenvalue weighted by Crippen LogP contribution is 2.32. The van der Waals surface area contributed by atoms with E-state index in [1.54, 1.807) is 17.0 Å². The molecule has 0 spiro atoms. The predicted octanol–water partition coefficient (Wildman–Crippen LogP) is 1.43. The first kappa shape index (κ1) is 25.1. The number of piperidine rings is 2. The molecule has 0 saturated carbocycles. The Bertz CT molecular complexity index is 989. The van der Waals surface area contributed by atoms with Crippen molar-refractivity contribution in [2.45, 2.75) is 68.6 Å². The Labute approximate surface area is 202 Å². The average Bonchev–Trinajstić information content (AvgIpc) is 2.83. The minimum absolute atomic E-state index is 0.158. The summed E-state index contributed by atoms with van der Waals surface area (Å²) >= 11 is 0. The molecule has 0 aliphatic carbocycles. The van der Waals surface area contributed by atoms with Crippen LogP contribution in [0.2, 0.25) is 0 Å². The molecule has 10 heteroatoms. The van der Waals surface area contributed by atoms with Crippen molar-refractivity contribution in [1.29, 1.82) is 0 Å². The van der Waals surface area contributed by atoms with E-state index >= 15 is 0 Å². The molecule has 2 amide bonds. The van der Waals surface area contributed by atoms with Crippen LogP contribution in [0.3, 0.4) is 0 Å². The second-order valence-corrected chi connectivity index (χ2v) is 11.8. The summed E-state index contributed by atoms with van der Waals surface area (Å²) < 4.78 is 33.2. The van der Waals surface area contributed by atoms with Crippen LogP contribution in [0.1, 0.15) is 56.3 Å². The van der Waals surface area contributed by atoms with Crippen LogP contribution in [0.5, 0.6) is 0 Å². The van der Waals surface area contributed by atoms with Crippen molar-refractivity contribution in [3.8, 4) is 0 Å². The van der Waals surface area contributed by atoms with E-state index < -0.39 is 15.6 Å². The number of rotatable bonds is 5. The molecule has 0 radical (unpaired) electrons.